The lowest BCUT2D eigenvalue weighted by Gasteiger charge is -2.33. The summed E-state index contributed by atoms with van der Waals surface area (Å²) in [5.41, 5.74) is 0.494. The van der Waals surface area contributed by atoms with Gasteiger partial charge in [-0.15, -0.1) is 0 Å². The number of pyridine rings is 1. The fraction of sp³-hybridized carbons (Fsp3) is 0.533. The van der Waals surface area contributed by atoms with Gasteiger partial charge in [0, 0.05) is 31.2 Å². The Balaban J connectivity index is 1.89. The van der Waals surface area contributed by atoms with Crippen molar-refractivity contribution in [2.45, 2.75) is 32.7 Å². The van der Waals surface area contributed by atoms with Gasteiger partial charge >= 0.3 is 0 Å². The van der Waals surface area contributed by atoms with Crippen molar-refractivity contribution in [1.82, 2.24) is 15.2 Å². The molecular weight excluding hydrogens is 286 g/mol. The maximum absolute atomic E-state index is 12.2. The molecule has 2 rings (SSSR count). The second-order valence-corrected chi connectivity index (χ2v) is 6.05. The first kappa shape index (κ1) is 15.7. The quantitative estimate of drug-likeness (QED) is 0.841. The molecule has 0 aromatic carbocycles. The molecule has 2 N–H and O–H groups in total. The number of rotatable bonds is 3. The van der Waals surface area contributed by atoms with Gasteiger partial charge in [-0.1, -0.05) is 26.1 Å². The molecule has 0 spiro atoms. The van der Waals surface area contributed by atoms with Gasteiger partial charge in [-0.2, -0.15) is 0 Å². The number of aromatic nitrogens is 1. The largest absolute Gasteiger partial charge is 0.352 e. The van der Waals surface area contributed by atoms with E-state index < -0.39 is 0 Å². The monoisotopic (exact) mass is 307 g/mol. The van der Waals surface area contributed by atoms with Crippen molar-refractivity contribution in [1.29, 1.82) is 0 Å². The fourth-order valence-corrected chi connectivity index (χ4v) is 2.70. The molecule has 0 unspecified atom stereocenters. The summed E-state index contributed by atoms with van der Waals surface area (Å²) in [5, 5.41) is 3.00. The summed E-state index contributed by atoms with van der Waals surface area (Å²) in [7, 11) is 0. The molecular formula is C15H21N3O2S. The first-order chi connectivity index (χ1) is 9.99. The smallest absolute Gasteiger partial charge is 0.254 e. The highest BCUT2D eigenvalue weighted by molar-refractivity contribution is 7.71. The molecule has 1 aromatic rings. The van der Waals surface area contributed by atoms with Gasteiger partial charge in [-0.25, -0.2) is 0 Å². The number of carbonyl (C=O) groups is 2. The zero-order valence-corrected chi connectivity index (χ0v) is 13.2. The molecule has 2 amide bonds. The highest BCUT2D eigenvalue weighted by Crippen LogP contribution is 2.14. The Labute approximate surface area is 129 Å². The Morgan fingerprint density at radius 3 is 2.62 bits per heavy atom. The molecule has 21 heavy (non-hydrogen) atoms. The molecule has 0 aliphatic carbocycles. The zero-order chi connectivity index (χ0) is 15.4. The van der Waals surface area contributed by atoms with Crippen LogP contribution in [0.4, 0.5) is 0 Å². The number of hydrogen-bond donors (Lipinski definition) is 2. The van der Waals surface area contributed by atoms with Gasteiger partial charge in [0.15, 0.2) is 0 Å². The molecule has 0 saturated carbocycles. The fourth-order valence-electron chi connectivity index (χ4n) is 2.47. The van der Waals surface area contributed by atoms with E-state index in [2.05, 4.69) is 10.3 Å². The van der Waals surface area contributed by atoms with Crippen molar-refractivity contribution < 1.29 is 9.59 Å². The Morgan fingerprint density at radius 1 is 1.38 bits per heavy atom. The molecule has 1 fully saturated rings. The molecule has 0 radical (unpaired) electrons. The molecule has 2 heterocycles. The van der Waals surface area contributed by atoms with Crippen molar-refractivity contribution in [2.24, 2.45) is 5.92 Å². The number of nitrogens with zero attached hydrogens (tertiary/aromatic N) is 1. The second kappa shape index (κ2) is 6.85. The molecule has 0 bridgehead atoms. The third-order valence-electron chi connectivity index (χ3n) is 3.70. The topological polar surface area (TPSA) is 65.2 Å². The third kappa shape index (κ3) is 3.91. The van der Waals surface area contributed by atoms with E-state index in [-0.39, 0.29) is 23.8 Å². The highest BCUT2D eigenvalue weighted by Gasteiger charge is 2.25. The molecule has 1 saturated heterocycles. The van der Waals surface area contributed by atoms with Crippen LogP contribution < -0.4 is 5.32 Å². The van der Waals surface area contributed by atoms with Gasteiger partial charge in [0.1, 0.15) is 4.64 Å². The molecule has 114 valence electrons. The van der Waals surface area contributed by atoms with Crippen LogP contribution in [0.3, 0.4) is 0 Å². The highest BCUT2D eigenvalue weighted by atomic mass is 32.1. The van der Waals surface area contributed by atoms with Crippen LogP contribution in [0.15, 0.2) is 18.3 Å². The molecule has 0 atom stereocenters. The Kier molecular flexibility index (Phi) is 5.12. The van der Waals surface area contributed by atoms with Crippen LogP contribution in [-0.2, 0) is 4.79 Å². The van der Waals surface area contributed by atoms with E-state index in [9.17, 15) is 9.59 Å². The SMILES string of the molecule is CC(C)C(=O)N1CCC(NC(=O)c2ccc[nH]c2=S)CC1. The summed E-state index contributed by atoms with van der Waals surface area (Å²) in [6, 6.07) is 3.57. The third-order valence-corrected chi connectivity index (χ3v) is 4.04. The zero-order valence-electron chi connectivity index (χ0n) is 12.4. The number of nitrogens with one attached hydrogen (secondary N) is 2. The minimum absolute atomic E-state index is 0.0266. The van der Waals surface area contributed by atoms with Crippen LogP contribution in [0.5, 0.6) is 0 Å². The van der Waals surface area contributed by atoms with Crippen molar-refractivity contribution in [3.63, 3.8) is 0 Å². The van der Waals surface area contributed by atoms with Crippen LogP contribution in [0, 0.1) is 10.6 Å². The van der Waals surface area contributed by atoms with Crippen molar-refractivity contribution >= 4 is 24.0 Å². The predicted molar refractivity (Wildman–Crippen MR) is 83.5 cm³/mol. The van der Waals surface area contributed by atoms with E-state index in [1.807, 2.05) is 18.7 Å². The first-order valence-corrected chi connectivity index (χ1v) is 7.67. The van der Waals surface area contributed by atoms with E-state index in [1.165, 1.54) is 0 Å². The summed E-state index contributed by atoms with van der Waals surface area (Å²) in [4.78, 5) is 28.8. The molecule has 5 nitrogen and oxygen atoms in total. The maximum atomic E-state index is 12.2. The van der Waals surface area contributed by atoms with Gasteiger partial charge < -0.3 is 15.2 Å². The minimum atomic E-state index is -0.148. The number of H-pyrrole nitrogens is 1. The maximum Gasteiger partial charge on any atom is 0.254 e. The number of amides is 2. The average molecular weight is 307 g/mol. The summed E-state index contributed by atoms with van der Waals surface area (Å²) in [6.07, 6.45) is 3.27. The van der Waals surface area contributed by atoms with E-state index in [4.69, 9.17) is 12.2 Å². The molecule has 1 aromatic heterocycles. The van der Waals surface area contributed by atoms with Gasteiger partial charge in [0.05, 0.1) is 5.56 Å². The van der Waals surface area contributed by atoms with Gasteiger partial charge in [-0.3, -0.25) is 9.59 Å². The van der Waals surface area contributed by atoms with Crippen LogP contribution >= 0.6 is 12.2 Å². The molecule has 1 aliphatic heterocycles. The average Bonchev–Trinajstić information content (AvgIpc) is 2.47. The summed E-state index contributed by atoms with van der Waals surface area (Å²) < 4.78 is 0.447. The van der Waals surface area contributed by atoms with E-state index in [0.717, 1.165) is 12.8 Å². The lowest BCUT2D eigenvalue weighted by molar-refractivity contribution is -0.135. The lowest BCUT2D eigenvalue weighted by atomic mass is 10.0. The number of aromatic amines is 1. The Morgan fingerprint density at radius 2 is 2.05 bits per heavy atom. The normalized spacial score (nSPS) is 16.0. The van der Waals surface area contributed by atoms with Crippen molar-refractivity contribution in [3.05, 3.63) is 28.5 Å². The van der Waals surface area contributed by atoms with Crippen molar-refractivity contribution in [2.75, 3.05) is 13.1 Å². The Bertz CT molecular complexity index is 574. The summed E-state index contributed by atoms with van der Waals surface area (Å²) in [6.45, 7) is 5.22. The summed E-state index contributed by atoms with van der Waals surface area (Å²) in [5.74, 6) is 0.0644. The van der Waals surface area contributed by atoms with Gasteiger partial charge in [-0.05, 0) is 25.0 Å². The van der Waals surface area contributed by atoms with Crippen LogP contribution in [0.25, 0.3) is 0 Å². The lowest BCUT2D eigenvalue weighted by Crippen LogP contribution is -2.47. The van der Waals surface area contributed by atoms with Gasteiger partial charge in [0.2, 0.25) is 5.91 Å². The summed E-state index contributed by atoms with van der Waals surface area (Å²) >= 11 is 5.11. The van der Waals surface area contributed by atoms with Gasteiger partial charge in [0.25, 0.3) is 5.91 Å². The number of carbonyl (C=O) groups excluding carboxylic acids is 2. The number of piperidine rings is 1. The standard InChI is InChI=1S/C15H21N3O2S/c1-10(2)15(20)18-8-5-11(6-9-18)17-13(19)12-4-3-7-16-14(12)21/h3-4,7,10-11H,5-6,8-9H2,1-2H3,(H,16,21)(H,17,19). The first-order valence-electron chi connectivity index (χ1n) is 7.26. The van der Waals surface area contributed by atoms with Crippen LogP contribution in [0.2, 0.25) is 0 Å². The van der Waals surface area contributed by atoms with E-state index >= 15 is 0 Å². The second-order valence-electron chi connectivity index (χ2n) is 5.64. The number of likely N-dealkylation sites (tertiary alicyclic amines) is 1. The van der Waals surface area contributed by atoms with Crippen LogP contribution in [0.1, 0.15) is 37.0 Å². The molecule has 1 aliphatic rings. The molecule has 6 heteroatoms. The van der Waals surface area contributed by atoms with E-state index in [1.54, 1.807) is 18.3 Å². The number of hydrogen-bond acceptors (Lipinski definition) is 3. The Hall–Kier alpha value is -1.69. The minimum Gasteiger partial charge on any atom is -0.352 e. The van der Waals surface area contributed by atoms with E-state index in [0.29, 0.717) is 23.3 Å². The predicted octanol–water partition coefficient (Wildman–Crippen LogP) is 2.12. The van der Waals surface area contributed by atoms with Crippen molar-refractivity contribution in [3.8, 4) is 0 Å². The van der Waals surface area contributed by atoms with Crippen LogP contribution in [-0.4, -0.2) is 40.8 Å².